The zero-order chi connectivity index (χ0) is 23.8. The van der Waals surface area contributed by atoms with Crippen LogP contribution in [-0.4, -0.2) is 82.4 Å². The number of hydrogen-bond donors (Lipinski definition) is 4. The van der Waals surface area contributed by atoms with Crippen molar-refractivity contribution in [2.75, 3.05) is 19.6 Å². The Labute approximate surface area is 190 Å². The van der Waals surface area contributed by atoms with Gasteiger partial charge in [-0.2, -0.15) is 0 Å². The molecule has 0 saturated carbocycles. The van der Waals surface area contributed by atoms with Crippen molar-refractivity contribution in [3.63, 3.8) is 0 Å². The van der Waals surface area contributed by atoms with Gasteiger partial charge in [0.2, 0.25) is 17.7 Å². The second-order valence-corrected chi connectivity index (χ2v) is 8.98. The number of amides is 3. The maximum atomic E-state index is 13.3. The van der Waals surface area contributed by atoms with Gasteiger partial charge < -0.3 is 31.7 Å². The molecule has 2 saturated heterocycles. The minimum Gasteiger partial charge on any atom is -0.480 e. The summed E-state index contributed by atoms with van der Waals surface area (Å²) in [5, 5.41) is 12.1. The van der Waals surface area contributed by atoms with Gasteiger partial charge in [-0.05, 0) is 51.0 Å². The Morgan fingerprint density at radius 3 is 2.28 bits per heavy atom. The van der Waals surface area contributed by atoms with Crippen LogP contribution in [0.5, 0.6) is 0 Å². The minimum absolute atomic E-state index is 0.231. The van der Waals surface area contributed by atoms with E-state index in [9.17, 15) is 24.3 Å². The SMILES string of the molecule is CCC(C)C(NC(=O)C1CCCN1C(=O)C1CCCN1C(=O)C(N)CCCCN)C(=O)O. The fraction of sp³-hybridized carbons (Fsp3) is 0.818. The Morgan fingerprint density at radius 2 is 1.69 bits per heavy atom. The van der Waals surface area contributed by atoms with Crippen LogP contribution in [0.25, 0.3) is 0 Å². The number of nitrogens with two attached hydrogens (primary N) is 2. The number of carbonyl (C=O) groups is 4. The van der Waals surface area contributed by atoms with Crippen molar-refractivity contribution in [3.8, 4) is 0 Å². The molecule has 0 bridgehead atoms. The molecular formula is C22H39N5O5. The summed E-state index contributed by atoms with van der Waals surface area (Å²) in [6.07, 6.45) is 5.05. The van der Waals surface area contributed by atoms with Crippen molar-refractivity contribution >= 4 is 23.7 Å². The molecular weight excluding hydrogens is 414 g/mol. The van der Waals surface area contributed by atoms with Gasteiger partial charge in [0.1, 0.15) is 18.1 Å². The molecule has 0 aromatic heterocycles. The quantitative estimate of drug-likeness (QED) is 0.321. The third-order valence-corrected chi connectivity index (χ3v) is 6.72. The molecule has 10 heteroatoms. The summed E-state index contributed by atoms with van der Waals surface area (Å²) < 4.78 is 0. The standard InChI is InChI=1S/C22H39N5O5/c1-3-14(2)18(22(31)32)25-19(28)16-9-6-12-26(16)21(30)17-10-7-13-27(17)20(29)15(24)8-4-5-11-23/h14-18H,3-13,23-24H2,1-2H3,(H,25,28)(H,31,32). The van der Waals surface area contributed by atoms with Crippen LogP contribution in [0.15, 0.2) is 0 Å². The monoisotopic (exact) mass is 453 g/mol. The molecule has 2 aliphatic rings. The van der Waals surface area contributed by atoms with Crippen molar-refractivity contribution in [2.45, 2.75) is 89.4 Å². The van der Waals surface area contributed by atoms with E-state index in [2.05, 4.69) is 5.32 Å². The van der Waals surface area contributed by atoms with Gasteiger partial charge in [0.15, 0.2) is 0 Å². The highest BCUT2D eigenvalue weighted by atomic mass is 16.4. The third kappa shape index (κ3) is 6.19. The van der Waals surface area contributed by atoms with Crippen molar-refractivity contribution in [1.82, 2.24) is 15.1 Å². The van der Waals surface area contributed by atoms with Crippen LogP contribution in [-0.2, 0) is 19.2 Å². The van der Waals surface area contributed by atoms with Gasteiger partial charge in [-0.15, -0.1) is 0 Å². The molecule has 5 unspecified atom stereocenters. The van der Waals surface area contributed by atoms with E-state index < -0.39 is 36.0 Å². The lowest BCUT2D eigenvalue weighted by Gasteiger charge is -2.32. The van der Waals surface area contributed by atoms with E-state index in [1.807, 2.05) is 6.92 Å². The number of nitrogens with zero attached hydrogens (tertiary/aromatic N) is 2. The lowest BCUT2D eigenvalue weighted by Crippen LogP contribution is -2.56. The second-order valence-electron chi connectivity index (χ2n) is 8.98. The van der Waals surface area contributed by atoms with E-state index >= 15 is 0 Å². The first-order chi connectivity index (χ1) is 15.2. The first kappa shape index (κ1) is 26.1. The molecule has 10 nitrogen and oxygen atoms in total. The van der Waals surface area contributed by atoms with Crippen molar-refractivity contribution in [3.05, 3.63) is 0 Å². The molecule has 0 aromatic rings. The molecule has 0 spiro atoms. The Morgan fingerprint density at radius 1 is 1.06 bits per heavy atom. The number of rotatable bonds is 11. The van der Waals surface area contributed by atoms with Gasteiger partial charge in [-0.1, -0.05) is 26.7 Å². The summed E-state index contributed by atoms with van der Waals surface area (Å²) in [6.45, 7) is 5.07. The number of unbranched alkanes of at least 4 members (excludes halogenated alkanes) is 1. The van der Waals surface area contributed by atoms with Crippen LogP contribution < -0.4 is 16.8 Å². The number of likely N-dealkylation sites (tertiary alicyclic amines) is 2. The van der Waals surface area contributed by atoms with Crippen LogP contribution >= 0.6 is 0 Å². The molecule has 6 N–H and O–H groups in total. The molecule has 3 amide bonds. The summed E-state index contributed by atoms with van der Waals surface area (Å²) in [5.74, 6) is -2.25. The van der Waals surface area contributed by atoms with E-state index in [1.165, 1.54) is 4.90 Å². The second kappa shape index (κ2) is 12.2. The summed E-state index contributed by atoms with van der Waals surface area (Å²) in [6, 6.07) is -3.01. The zero-order valence-corrected chi connectivity index (χ0v) is 19.3. The zero-order valence-electron chi connectivity index (χ0n) is 19.3. The molecule has 2 aliphatic heterocycles. The van der Waals surface area contributed by atoms with Crippen LogP contribution in [0.1, 0.15) is 65.2 Å². The first-order valence-electron chi connectivity index (χ1n) is 11.8. The molecule has 2 rings (SSSR count). The Balaban J connectivity index is 2.06. The fourth-order valence-electron chi connectivity index (χ4n) is 4.56. The predicted molar refractivity (Wildman–Crippen MR) is 119 cm³/mol. The number of aliphatic carboxylic acids is 1. The molecule has 0 aromatic carbocycles. The molecule has 0 radical (unpaired) electrons. The van der Waals surface area contributed by atoms with E-state index in [0.29, 0.717) is 58.2 Å². The fourth-order valence-corrected chi connectivity index (χ4v) is 4.56. The van der Waals surface area contributed by atoms with Gasteiger partial charge in [0.05, 0.1) is 6.04 Å². The maximum Gasteiger partial charge on any atom is 0.326 e. The summed E-state index contributed by atoms with van der Waals surface area (Å²) >= 11 is 0. The summed E-state index contributed by atoms with van der Waals surface area (Å²) in [7, 11) is 0. The van der Waals surface area contributed by atoms with E-state index in [1.54, 1.807) is 11.8 Å². The van der Waals surface area contributed by atoms with Crippen molar-refractivity contribution in [1.29, 1.82) is 0 Å². The van der Waals surface area contributed by atoms with Gasteiger partial charge in [0.25, 0.3) is 0 Å². The van der Waals surface area contributed by atoms with Crippen LogP contribution in [0.3, 0.4) is 0 Å². The number of carboxylic acids is 1. The van der Waals surface area contributed by atoms with Gasteiger partial charge in [0, 0.05) is 13.1 Å². The van der Waals surface area contributed by atoms with E-state index in [-0.39, 0.29) is 17.7 Å². The highest BCUT2D eigenvalue weighted by Crippen LogP contribution is 2.26. The molecule has 2 fully saturated rings. The Hall–Kier alpha value is -2.20. The number of hydrogen-bond acceptors (Lipinski definition) is 6. The van der Waals surface area contributed by atoms with Crippen molar-refractivity contribution < 1.29 is 24.3 Å². The Kier molecular flexibility index (Phi) is 9.89. The van der Waals surface area contributed by atoms with E-state index in [4.69, 9.17) is 11.5 Å². The minimum atomic E-state index is -1.08. The summed E-state index contributed by atoms with van der Waals surface area (Å²) in [5.41, 5.74) is 11.6. The lowest BCUT2D eigenvalue weighted by atomic mass is 9.98. The average Bonchev–Trinajstić information content (AvgIpc) is 3.45. The van der Waals surface area contributed by atoms with E-state index in [0.717, 1.165) is 12.8 Å². The molecule has 2 heterocycles. The van der Waals surface area contributed by atoms with Gasteiger partial charge in [-0.25, -0.2) is 4.79 Å². The van der Waals surface area contributed by atoms with Gasteiger partial charge in [-0.3, -0.25) is 14.4 Å². The first-order valence-corrected chi connectivity index (χ1v) is 11.8. The van der Waals surface area contributed by atoms with Crippen LogP contribution in [0.4, 0.5) is 0 Å². The largest absolute Gasteiger partial charge is 0.480 e. The third-order valence-electron chi connectivity index (χ3n) is 6.72. The molecule has 0 aliphatic carbocycles. The molecule has 32 heavy (non-hydrogen) atoms. The highest BCUT2D eigenvalue weighted by Gasteiger charge is 2.43. The Bertz CT molecular complexity index is 688. The number of carboxylic acid groups (broad SMARTS) is 1. The predicted octanol–water partition coefficient (Wildman–Crippen LogP) is 0.0402. The number of nitrogens with one attached hydrogen (secondary N) is 1. The lowest BCUT2D eigenvalue weighted by molar-refractivity contribution is -0.148. The normalized spacial score (nSPS) is 23.6. The molecule has 5 atom stereocenters. The highest BCUT2D eigenvalue weighted by molar-refractivity contribution is 5.94. The average molecular weight is 454 g/mol. The maximum absolute atomic E-state index is 13.3. The van der Waals surface area contributed by atoms with Crippen LogP contribution in [0, 0.1) is 5.92 Å². The van der Waals surface area contributed by atoms with Crippen LogP contribution in [0.2, 0.25) is 0 Å². The van der Waals surface area contributed by atoms with Crippen molar-refractivity contribution in [2.24, 2.45) is 17.4 Å². The topological polar surface area (TPSA) is 159 Å². The van der Waals surface area contributed by atoms with Gasteiger partial charge >= 0.3 is 5.97 Å². The molecule has 182 valence electrons. The smallest absolute Gasteiger partial charge is 0.326 e. The number of carbonyl (C=O) groups excluding carboxylic acids is 3. The summed E-state index contributed by atoms with van der Waals surface area (Å²) in [4.78, 5) is 53.8.